The molecular weight excluding hydrogens is 286 g/mol. The SMILES string of the molecule is Cc1cc(N)c(NCc2ccc(F)cc2Cl)cc1Cl. The molecule has 2 rings (SSSR count). The largest absolute Gasteiger partial charge is 0.397 e. The van der Waals surface area contributed by atoms with Crippen molar-refractivity contribution in [3.8, 4) is 0 Å². The van der Waals surface area contributed by atoms with Crippen molar-refractivity contribution in [2.24, 2.45) is 0 Å². The van der Waals surface area contributed by atoms with E-state index in [0.717, 1.165) is 16.8 Å². The fraction of sp³-hybridized carbons (Fsp3) is 0.143. The first-order valence-corrected chi connectivity index (χ1v) is 6.46. The lowest BCUT2D eigenvalue weighted by Crippen LogP contribution is -2.03. The number of nitrogens with two attached hydrogens (primary N) is 1. The van der Waals surface area contributed by atoms with Gasteiger partial charge in [0, 0.05) is 16.6 Å². The molecule has 0 spiro atoms. The van der Waals surface area contributed by atoms with Crippen LogP contribution in [-0.4, -0.2) is 0 Å². The predicted molar refractivity (Wildman–Crippen MR) is 79.3 cm³/mol. The maximum atomic E-state index is 12.9. The molecule has 0 atom stereocenters. The van der Waals surface area contributed by atoms with E-state index in [1.807, 2.05) is 6.92 Å². The van der Waals surface area contributed by atoms with E-state index >= 15 is 0 Å². The smallest absolute Gasteiger partial charge is 0.124 e. The van der Waals surface area contributed by atoms with Crippen molar-refractivity contribution >= 4 is 34.6 Å². The van der Waals surface area contributed by atoms with Crippen LogP contribution in [0, 0.1) is 12.7 Å². The average Bonchev–Trinajstić information content (AvgIpc) is 2.34. The zero-order valence-electron chi connectivity index (χ0n) is 10.3. The summed E-state index contributed by atoms with van der Waals surface area (Å²) in [5.74, 6) is -0.355. The highest BCUT2D eigenvalue weighted by molar-refractivity contribution is 6.32. The van der Waals surface area contributed by atoms with Crippen LogP contribution in [0.3, 0.4) is 0 Å². The zero-order chi connectivity index (χ0) is 14.0. The van der Waals surface area contributed by atoms with Crippen molar-refractivity contribution < 1.29 is 4.39 Å². The van der Waals surface area contributed by atoms with Crippen LogP contribution in [0.5, 0.6) is 0 Å². The van der Waals surface area contributed by atoms with Gasteiger partial charge in [0.2, 0.25) is 0 Å². The molecule has 0 fully saturated rings. The Morgan fingerprint density at radius 1 is 1.16 bits per heavy atom. The van der Waals surface area contributed by atoms with Gasteiger partial charge in [-0.2, -0.15) is 0 Å². The third-order valence-corrected chi connectivity index (χ3v) is 3.57. The molecule has 0 saturated heterocycles. The van der Waals surface area contributed by atoms with E-state index in [9.17, 15) is 4.39 Å². The third kappa shape index (κ3) is 3.31. The summed E-state index contributed by atoms with van der Waals surface area (Å²) in [6.45, 7) is 2.34. The topological polar surface area (TPSA) is 38.0 Å². The second-order valence-corrected chi connectivity index (χ2v) is 5.09. The number of nitrogen functional groups attached to an aromatic ring is 1. The molecule has 5 heteroatoms. The minimum Gasteiger partial charge on any atom is -0.397 e. The van der Waals surface area contributed by atoms with E-state index in [1.54, 1.807) is 18.2 Å². The van der Waals surface area contributed by atoms with Gasteiger partial charge in [-0.05, 0) is 42.3 Å². The van der Waals surface area contributed by atoms with Crippen molar-refractivity contribution in [1.29, 1.82) is 0 Å². The first kappa shape index (κ1) is 14.0. The fourth-order valence-corrected chi connectivity index (χ4v) is 2.11. The Hall–Kier alpha value is -1.45. The van der Waals surface area contributed by atoms with Crippen LogP contribution >= 0.6 is 23.2 Å². The number of hydrogen-bond acceptors (Lipinski definition) is 2. The third-order valence-electron chi connectivity index (χ3n) is 2.82. The molecule has 0 heterocycles. The first-order chi connectivity index (χ1) is 8.97. The number of hydrogen-bond donors (Lipinski definition) is 2. The number of aryl methyl sites for hydroxylation is 1. The molecule has 0 saturated carbocycles. The van der Waals surface area contributed by atoms with Gasteiger partial charge in [0.15, 0.2) is 0 Å². The normalized spacial score (nSPS) is 10.5. The molecule has 2 aromatic rings. The van der Waals surface area contributed by atoms with Crippen molar-refractivity contribution in [3.63, 3.8) is 0 Å². The van der Waals surface area contributed by atoms with E-state index < -0.39 is 0 Å². The van der Waals surface area contributed by atoms with Crippen LogP contribution in [0.25, 0.3) is 0 Å². The van der Waals surface area contributed by atoms with Crippen molar-refractivity contribution in [1.82, 2.24) is 0 Å². The summed E-state index contributed by atoms with van der Waals surface area (Å²) < 4.78 is 12.9. The fourth-order valence-electron chi connectivity index (χ4n) is 1.71. The maximum absolute atomic E-state index is 12.9. The number of nitrogens with one attached hydrogen (secondary N) is 1. The Bertz CT molecular complexity index is 615. The summed E-state index contributed by atoms with van der Waals surface area (Å²) in [6, 6.07) is 7.86. The van der Waals surface area contributed by atoms with Gasteiger partial charge in [0.25, 0.3) is 0 Å². The molecule has 2 aromatic carbocycles. The van der Waals surface area contributed by atoms with Crippen LogP contribution in [0.15, 0.2) is 30.3 Å². The molecule has 0 amide bonds. The van der Waals surface area contributed by atoms with Crippen molar-refractivity contribution in [3.05, 3.63) is 57.3 Å². The van der Waals surface area contributed by atoms with E-state index in [-0.39, 0.29) is 5.82 Å². The van der Waals surface area contributed by atoms with Gasteiger partial charge < -0.3 is 11.1 Å². The van der Waals surface area contributed by atoms with Gasteiger partial charge in [-0.1, -0.05) is 29.3 Å². The maximum Gasteiger partial charge on any atom is 0.124 e. The highest BCUT2D eigenvalue weighted by Gasteiger charge is 2.06. The standard InChI is InChI=1S/C14H13Cl2FN2/c1-8-4-13(18)14(6-11(8)15)19-7-9-2-3-10(17)5-12(9)16/h2-6,19H,7,18H2,1H3. The van der Waals surface area contributed by atoms with E-state index in [1.165, 1.54) is 12.1 Å². The second kappa shape index (κ2) is 5.68. The summed E-state index contributed by atoms with van der Waals surface area (Å²) >= 11 is 12.0. The predicted octanol–water partition coefficient (Wildman–Crippen LogP) is 4.64. The van der Waals surface area contributed by atoms with Crippen LogP contribution in [0.2, 0.25) is 10.0 Å². The van der Waals surface area contributed by atoms with E-state index in [4.69, 9.17) is 28.9 Å². The molecule has 0 aliphatic heterocycles. The van der Waals surface area contributed by atoms with Crippen molar-refractivity contribution in [2.45, 2.75) is 13.5 Å². The Balaban J connectivity index is 2.16. The van der Waals surface area contributed by atoms with Gasteiger partial charge in [-0.15, -0.1) is 0 Å². The summed E-state index contributed by atoms with van der Waals surface area (Å²) in [7, 11) is 0. The Kier molecular flexibility index (Phi) is 4.17. The van der Waals surface area contributed by atoms with E-state index in [2.05, 4.69) is 5.32 Å². The van der Waals surface area contributed by atoms with E-state index in [0.29, 0.717) is 22.3 Å². The summed E-state index contributed by atoms with van der Waals surface area (Å²) in [6.07, 6.45) is 0. The first-order valence-electron chi connectivity index (χ1n) is 5.71. The Labute approximate surface area is 121 Å². The molecule has 0 radical (unpaired) electrons. The molecule has 0 aromatic heterocycles. The minimum atomic E-state index is -0.355. The molecule has 2 nitrogen and oxygen atoms in total. The second-order valence-electron chi connectivity index (χ2n) is 4.28. The molecule has 0 bridgehead atoms. The molecule has 100 valence electrons. The van der Waals surface area contributed by atoms with Crippen molar-refractivity contribution in [2.75, 3.05) is 11.1 Å². The molecule has 19 heavy (non-hydrogen) atoms. The molecular formula is C14H13Cl2FN2. The van der Waals surface area contributed by atoms with Gasteiger partial charge >= 0.3 is 0 Å². The average molecular weight is 299 g/mol. The summed E-state index contributed by atoms with van der Waals surface area (Å²) in [4.78, 5) is 0. The van der Waals surface area contributed by atoms with Crippen LogP contribution in [-0.2, 0) is 6.54 Å². The minimum absolute atomic E-state index is 0.355. The zero-order valence-corrected chi connectivity index (χ0v) is 11.8. The Morgan fingerprint density at radius 2 is 1.89 bits per heavy atom. The van der Waals surface area contributed by atoms with Crippen LogP contribution in [0.1, 0.15) is 11.1 Å². The molecule has 3 N–H and O–H groups in total. The highest BCUT2D eigenvalue weighted by Crippen LogP contribution is 2.28. The highest BCUT2D eigenvalue weighted by atomic mass is 35.5. The van der Waals surface area contributed by atoms with Crippen LogP contribution in [0.4, 0.5) is 15.8 Å². The van der Waals surface area contributed by atoms with Gasteiger partial charge in [-0.25, -0.2) is 4.39 Å². The van der Waals surface area contributed by atoms with Crippen LogP contribution < -0.4 is 11.1 Å². The monoisotopic (exact) mass is 298 g/mol. The lowest BCUT2D eigenvalue weighted by molar-refractivity contribution is 0.627. The molecule has 0 aliphatic rings. The number of halogens is 3. The quantitative estimate of drug-likeness (QED) is 0.811. The summed E-state index contributed by atoms with van der Waals surface area (Å²) in [5.41, 5.74) is 8.96. The van der Waals surface area contributed by atoms with Gasteiger partial charge in [-0.3, -0.25) is 0 Å². The molecule has 0 aliphatic carbocycles. The summed E-state index contributed by atoms with van der Waals surface area (Å²) in [5, 5.41) is 4.16. The van der Waals surface area contributed by atoms with Gasteiger partial charge in [0.05, 0.1) is 11.4 Å². The Morgan fingerprint density at radius 3 is 2.58 bits per heavy atom. The number of anilines is 2. The van der Waals surface area contributed by atoms with Gasteiger partial charge in [0.1, 0.15) is 5.82 Å². The molecule has 0 unspecified atom stereocenters. The lowest BCUT2D eigenvalue weighted by atomic mass is 10.1. The lowest BCUT2D eigenvalue weighted by Gasteiger charge is -2.12. The number of rotatable bonds is 3. The number of benzene rings is 2.